The lowest BCUT2D eigenvalue weighted by atomic mass is 9.79. The van der Waals surface area contributed by atoms with Crippen molar-refractivity contribution in [2.24, 2.45) is 11.8 Å². The fourth-order valence-electron chi connectivity index (χ4n) is 3.35. The van der Waals surface area contributed by atoms with Crippen LogP contribution in [0.25, 0.3) is 0 Å². The van der Waals surface area contributed by atoms with E-state index in [1.54, 1.807) is 6.20 Å². The predicted molar refractivity (Wildman–Crippen MR) is 95.4 cm³/mol. The maximum Gasteiger partial charge on any atom is 0.223 e. The summed E-state index contributed by atoms with van der Waals surface area (Å²) >= 11 is 0. The zero-order valence-corrected chi connectivity index (χ0v) is 14.8. The van der Waals surface area contributed by atoms with Gasteiger partial charge in [0.15, 0.2) is 0 Å². The summed E-state index contributed by atoms with van der Waals surface area (Å²) in [6.07, 6.45) is 10.3. The van der Waals surface area contributed by atoms with Crippen molar-refractivity contribution in [3.8, 4) is 0 Å². The van der Waals surface area contributed by atoms with Gasteiger partial charge in [0.25, 0.3) is 0 Å². The van der Waals surface area contributed by atoms with E-state index in [0.29, 0.717) is 6.54 Å². The largest absolute Gasteiger partial charge is 0.363 e. The maximum absolute atomic E-state index is 12.4. The van der Waals surface area contributed by atoms with E-state index in [0.717, 1.165) is 30.1 Å². The first-order chi connectivity index (χ1) is 11.1. The number of carbonyl (C=O) groups is 1. The molecule has 128 valence electrons. The lowest BCUT2D eigenvalue weighted by molar-refractivity contribution is -0.126. The first-order valence-electron chi connectivity index (χ1n) is 9.00. The van der Waals surface area contributed by atoms with Crippen LogP contribution in [0.1, 0.15) is 57.4 Å². The van der Waals surface area contributed by atoms with Crippen LogP contribution in [0, 0.1) is 11.8 Å². The quantitative estimate of drug-likeness (QED) is 0.833. The average Bonchev–Trinajstić information content (AvgIpc) is 2.58. The molecule has 0 aliphatic heterocycles. The molecule has 4 heteroatoms. The zero-order valence-electron chi connectivity index (χ0n) is 14.8. The third kappa shape index (κ3) is 5.52. The summed E-state index contributed by atoms with van der Waals surface area (Å²) in [4.78, 5) is 18.7. The number of hydrogen-bond donors (Lipinski definition) is 1. The van der Waals surface area contributed by atoms with Crippen molar-refractivity contribution in [2.45, 2.75) is 58.4 Å². The minimum Gasteiger partial charge on any atom is -0.363 e. The molecule has 1 saturated carbocycles. The molecule has 0 saturated heterocycles. The summed E-state index contributed by atoms with van der Waals surface area (Å²) < 4.78 is 0. The molecule has 1 heterocycles. The van der Waals surface area contributed by atoms with Gasteiger partial charge in [0.2, 0.25) is 5.91 Å². The first kappa shape index (κ1) is 17.8. The van der Waals surface area contributed by atoms with E-state index >= 15 is 0 Å². The maximum atomic E-state index is 12.4. The molecule has 1 aliphatic rings. The molecule has 0 atom stereocenters. The summed E-state index contributed by atoms with van der Waals surface area (Å²) in [5.41, 5.74) is 1.11. The molecule has 1 aromatic heterocycles. The SMILES string of the molecule is CCCCC1CCC(C(=O)NCc2ccnc(N(C)C)c2)CC1. The van der Waals surface area contributed by atoms with Crippen LogP contribution in [0.5, 0.6) is 0 Å². The van der Waals surface area contributed by atoms with Gasteiger partial charge in [0.05, 0.1) is 0 Å². The highest BCUT2D eigenvalue weighted by atomic mass is 16.1. The van der Waals surface area contributed by atoms with Crippen molar-refractivity contribution in [3.05, 3.63) is 23.9 Å². The second-order valence-electron chi connectivity index (χ2n) is 6.99. The second-order valence-corrected chi connectivity index (χ2v) is 6.99. The standard InChI is InChI=1S/C19H31N3O/c1-4-5-6-15-7-9-17(10-8-15)19(23)21-14-16-11-12-20-18(13-16)22(2)3/h11-13,15,17H,4-10,14H2,1-3H3,(H,21,23). The number of nitrogens with zero attached hydrogens (tertiary/aromatic N) is 2. The van der Waals surface area contributed by atoms with Crippen LogP contribution in [-0.2, 0) is 11.3 Å². The molecule has 0 radical (unpaired) electrons. The van der Waals surface area contributed by atoms with Gasteiger partial charge in [-0.3, -0.25) is 4.79 Å². The van der Waals surface area contributed by atoms with Gasteiger partial charge in [-0.05, 0) is 49.3 Å². The minimum absolute atomic E-state index is 0.211. The van der Waals surface area contributed by atoms with Crippen molar-refractivity contribution >= 4 is 11.7 Å². The Bertz CT molecular complexity index is 493. The molecule has 1 fully saturated rings. The Labute approximate surface area is 140 Å². The van der Waals surface area contributed by atoms with E-state index < -0.39 is 0 Å². The molecule has 1 amide bonds. The van der Waals surface area contributed by atoms with Crippen LogP contribution in [0.3, 0.4) is 0 Å². The Morgan fingerprint density at radius 2 is 2.04 bits per heavy atom. The van der Waals surface area contributed by atoms with Crippen LogP contribution in [-0.4, -0.2) is 25.0 Å². The Balaban J connectivity index is 1.76. The van der Waals surface area contributed by atoms with Gasteiger partial charge >= 0.3 is 0 Å². The van der Waals surface area contributed by atoms with Crippen LogP contribution in [0.2, 0.25) is 0 Å². The molecular formula is C19H31N3O. The number of hydrogen-bond acceptors (Lipinski definition) is 3. The number of nitrogens with one attached hydrogen (secondary N) is 1. The molecule has 1 N–H and O–H groups in total. The Hall–Kier alpha value is -1.58. The minimum atomic E-state index is 0.211. The molecule has 0 aromatic carbocycles. The van der Waals surface area contributed by atoms with E-state index in [1.165, 1.54) is 32.1 Å². The van der Waals surface area contributed by atoms with E-state index in [9.17, 15) is 4.79 Å². The van der Waals surface area contributed by atoms with Crippen molar-refractivity contribution in [2.75, 3.05) is 19.0 Å². The highest BCUT2D eigenvalue weighted by Crippen LogP contribution is 2.32. The molecule has 4 nitrogen and oxygen atoms in total. The summed E-state index contributed by atoms with van der Waals surface area (Å²) in [5.74, 6) is 2.21. The van der Waals surface area contributed by atoms with Gasteiger partial charge in [0.1, 0.15) is 5.82 Å². The number of rotatable bonds is 7. The lowest BCUT2D eigenvalue weighted by Crippen LogP contribution is -2.32. The van der Waals surface area contributed by atoms with Gasteiger partial charge in [-0.25, -0.2) is 4.98 Å². The monoisotopic (exact) mass is 317 g/mol. The predicted octanol–water partition coefficient (Wildman–Crippen LogP) is 3.76. The van der Waals surface area contributed by atoms with E-state index in [-0.39, 0.29) is 11.8 Å². The highest BCUT2D eigenvalue weighted by Gasteiger charge is 2.25. The second kappa shape index (κ2) is 8.90. The van der Waals surface area contributed by atoms with Crippen molar-refractivity contribution < 1.29 is 4.79 Å². The van der Waals surface area contributed by atoms with Crippen molar-refractivity contribution in [3.63, 3.8) is 0 Å². The first-order valence-corrected chi connectivity index (χ1v) is 9.00. The fourth-order valence-corrected chi connectivity index (χ4v) is 3.35. The van der Waals surface area contributed by atoms with Gasteiger partial charge in [-0.15, -0.1) is 0 Å². The number of carbonyl (C=O) groups excluding carboxylic acids is 1. The topological polar surface area (TPSA) is 45.2 Å². The van der Waals surface area contributed by atoms with Gasteiger partial charge < -0.3 is 10.2 Å². The average molecular weight is 317 g/mol. The van der Waals surface area contributed by atoms with Crippen LogP contribution < -0.4 is 10.2 Å². The molecule has 23 heavy (non-hydrogen) atoms. The lowest BCUT2D eigenvalue weighted by Gasteiger charge is -2.27. The van der Waals surface area contributed by atoms with Gasteiger partial charge in [-0.1, -0.05) is 26.2 Å². The van der Waals surface area contributed by atoms with Crippen LogP contribution in [0.15, 0.2) is 18.3 Å². The van der Waals surface area contributed by atoms with Crippen molar-refractivity contribution in [1.29, 1.82) is 0 Å². The van der Waals surface area contributed by atoms with Crippen molar-refractivity contribution in [1.82, 2.24) is 10.3 Å². The Morgan fingerprint density at radius 3 is 2.70 bits per heavy atom. The summed E-state index contributed by atoms with van der Waals surface area (Å²) in [7, 11) is 3.95. The molecule has 1 aromatic rings. The molecule has 0 unspecified atom stereocenters. The molecule has 0 spiro atoms. The van der Waals surface area contributed by atoms with Crippen LogP contribution in [0.4, 0.5) is 5.82 Å². The molecule has 0 bridgehead atoms. The van der Waals surface area contributed by atoms with Crippen LogP contribution >= 0.6 is 0 Å². The van der Waals surface area contributed by atoms with Gasteiger partial charge in [0, 0.05) is 32.8 Å². The number of pyridine rings is 1. The summed E-state index contributed by atoms with van der Waals surface area (Å²) in [5, 5.41) is 3.11. The number of anilines is 1. The number of unbranched alkanes of at least 4 members (excludes halogenated alkanes) is 1. The fraction of sp³-hybridized carbons (Fsp3) is 0.684. The highest BCUT2D eigenvalue weighted by molar-refractivity contribution is 5.78. The van der Waals surface area contributed by atoms with E-state index in [1.807, 2.05) is 31.1 Å². The Morgan fingerprint density at radius 1 is 1.30 bits per heavy atom. The third-order valence-electron chi connectivity index (χ3n) is 4.92. The summed E-state index contributed by atoms with van der Waals surface area (Å²) in [6, 6.07) is 4.00. The molecular weight excluding hydrogens is 286 g/mol. The zero-order chi connectivity index (χ0) is 16.7. The molecule has 2 rings (SSSR count). The number of aromatic nitrogens is 1. The normalized spacial score (nSPS) is 21.0. The molecule has 1 aliphatic carbocycles. The van der Waals surface area contributed by atoms with E-state index in [2.05, 4.69) is 17.2 Å². The third-order valence-corrected chi connectivity index (χ3v) is 4.92. The summed E-state index contributed by atoms with van der Waals surface area (Å²) in [6.45, 7) is 2.85. The van der Waals surface area contributed by atoms with Gasteiger partial charge in [-0.2, -0.15) is 0 Å². The Kier molecular flexibility index (Phi) is 6.87. The van der Waals surface area contributed by atoms with E-state index in [4.69, 9.17) is 0 Å². The number of amides is 1. The smallest absolute Gasteiger partial charge is 0.223 e.